The molecular weight excluding hydrogens is 723 g/mol. The summed E-state index contributed by atoms with van der Waals surface area (Å²) in [5.41, 5.74) is 3.32. The fourth-order valence-electron chi connectivity index (χ4n) is 8.89. The number of carbonyl (C=O) groups is 4. The second kappa shape index (κ2) is 12.7. The third kappa shape index (κ3) is 5.19. The van der Waals surface area contributed by atoms with Gasteiger partial charge in [0.15, 0.2) is 0 Å². The van der Waals surface area contributed by atoms with E-state index >= 15 is 4.79 Å². The second-order valence-corrected chi connectivity index (χ2v) is 14.4. The molecule has 53 heavy (non-hydrogen) atoms. The van der Waals surface area contributed by atoms with Crippen LogP contribution in [0.1, 0.15) is 29.9 Å². The van der Waals surface area contributed by atoms with Crippen LogP contribution in [0.5, 0.6) is 11.5 Å². The monoisotopic (exact) mass is 752 g/mol. The van der Waals surface area contributed by atoms with E-state index in [1.807, 2.05) is 6.08 Å². The van der Waals surface area contributed by atoms with Gasteiger partial charge in [0.1, 0.15) is 11.5 Å². The standard InChI is InChI=1S/C39H30Cl2N4O8/c1-53-26-12-7-21(8-13-26)39-30(36(48)44(38(39)50)42-32-16-9-22(40)17-31(32)41)19-29-27(34(39)20-5-10-25(46)11-6-20)14-15-28-33(29)37(49)43(35(28)47)23-3-2-4-24(18-23)45(51)52/h2-14,16-18,28-30,33-34,42,46H,15,19H2,1H3/t28-,29+,30-,33-,34-,39+/m0/s1. The summed E-state index contributed by atoms with van der Waals surface area (Å²) in [6.07, 6.45) is 2.10. The maximum atomic E-state index is 15.3. The zero-order valence-electron chi connectivity index (χ0n) is 27.9. The number of ether oxygens (including phenoxy) is 1. The number of phenols is 1. The van der Waals surface area contributed by atoms with E-state index in [4.69, 9.17) is 27.9 Å². The topological polar surface area (TPSA) is 159 Å². The van der Waals surface area contributed by atoms with Crippen LogP contribution in [0.3, 0.4) is 0 Å². The Balaban J connectivity index is 1.31. The number of hydrogen-bond donors (Lipinski definition) is 2. The minimum atomic E-state index is -1.56. The number of carbonyl (C=O) groups excluding carboxylic acids is 4. The molecule has 6 atom stereocenters. The van der Waals surface area contributed by atoms with Crippen LogP contribution >= 0.6 is 23.2 Å². The molecular formula is C39H30Cl2N4O8. The van der Waals surface area contributed by atoms with Gasteiger partial charge in [-0.3, -0.25) is 34.7 Å². The number of nitro groups is 1. The number of aromatic hydroxyl groups is 1. The molecule has 0 unspecified atom stereocenters. The summed E-state index contributed by atoms with van der Waals surface area (Å²) in [5.74, 6) is -5.86. The number of hydrogen-bond acceptors (Lipinski definition) is 9. The number of imide groups is 2. The summed E-state index contributed by atoms with van der Waals surface area (Å²) >= 11 is 12.7. The number of allylic oxidation sites excluding steroid dienone is 2. The van der Waals surface area contributed by atoms with Crippen molar-refractivity contribution in [2.75, 3.05) is 17.4 Å². The fraction of sp³-hybridized carbons (Fsp3) is 0.231. The summed E-state index contributed by atoms with van der Waals surface area (Å²) in [6, 6.07) is 23.3. The number of non-ortho nitro benzene ring substituents is 1. The lowest BCUT2D eigenvalue weighted by molar-refractivity contribution is -0.384. The van der Waals surface area contributed by atoms with E-state index in [9.17, 15) is 29.6 Å². The summed E-state index contributed by atoms with van der Waals surface area (Å²) in [7, 11) is 1.52. The van der Waals surface area contributed by atoms with Gasteiger partial charge < -0.3 is 9.84 Å². The number of nitrogens with one attached hydrogen (secondary N) is 1. The average molecular weight is 754 g/mol. The summed E-state index contributed by atoms with van der Waals surface area (Å²) < 4.78 is 5.43. The summed E-state index contributed by atoms with van der Waals surface area (Å²) in [5, 5.41) is 23.4. The molecule has 4 aromatic carbocycles. The molecule has 0 spiro atoms. The van der Waals surface area contributed by atoms with Crippen molar-refractivity contribution in [3.8, 4) is 11.5 Å². The van der Waals surface area contributed by atoms with E-state index in [0.717, 1.165) is 9.91 Å². The third-order valence-corrected chi connectivity index (χ3v) is 11.7. The largest absolute Gasteiger partial charge is 0.508 e. The number of anilines is 2. The highest BCUT2D eigenvalue weighted by atomic mass is 35.5. The van der Waals surface area contributed by atoms with Crippen LogP contribution in [0.15, 0.2) is 103 Å². The minimum absolute atomic E-state index is 0.00694. The van der Waals surface area contributed by atoms with Gasteiger partial charge in [-0.1, -0.05) is 65.2 Å². The van der Waals surface area contributed by atoms with Crippen molar-refractivity contribution < 1.29 is 33.9 Å². The number of hydrazine groups is 1. The number of nitro benzene ring substituents is 1. The molecule has 14 heteroatoms. The van der Waals surface area contributed by atoms with Crippen molar-refractivity contribution in [1.82, 2.24) is 5.01 Å². The van der Waals surface area contributed by atoms with E-state index in [0.29, 0.717) is 27.5 Å². The van der Waals surface area contributed by atoms with Gasteiger partial charge in [-0.05, 0) is 78.4 Å². The van der Waals surface area contributed by atoms with Crippen LogP contribution in [0, 0.1) is 33.8 Å². The molecule has 2 heterocycles. The molecule has 12 nitrogen and oxygen atoms in total. The lowest BCUT2D eigenvalue weighted by Gasteiger charge is -2.50. The van der Waals surface area contributed by atoms with E-state index in [2.05, 4.69) is 5.43 Å². The van der Waals surface area contributed by atoms with Crippen LogP contribution in [0.2, 0.25) is 10.0 Å². The highest BCUT2D eigenvalue weighted by molar-refractivity contribution is 6.36. The van der Waals surface area contributed by atoms with E-state index in [1.165, 1.54) is 49.6 Å². The molecule has 2 N–H and O–H groups in total. The van der Waals surface area contributed by atoms with Gasteiger partial charge in [0.2, 0.25) is 11.8 Å². The van der Waals surface area contributed by atoms with E-state index in [1.54, 1.807) is 48.5 Å². The van der Waals surface area contributed by atoms with Crippen LogP contribution in [0.25, 0.3) is 0 Å². The van der Waals surface area contributed by atoms with E-state index in [-0.39, 0.29) is 40.7 Å². The van der Waals surface area contributed by atoms with Crippen molar-refractivity contribution in [2.24, 2.45) is 23.7 Å². The van der Waals surface area contributed by atoms with Crippen molar-refractivity contribution in [1.29, 1.82) is 0 Å². The average Bonchev–Trinajstić information content (AvgIpc) is 3.53. The molecule has 3 fully saturated rings. The number of halogens is 2. The predicted octanol–water partition coefficient (Wildman–Crippen LogP) is 6.81. The molecule has 4 aliphatic rings. The molecule has 4 aromatic rings. The first-order chi connectivity index (χ1) is 25.4. The van der Waals surface area contributed by atoms with Gasteiger partial charge in [0, 0.05) is 23.1 Å². The SMILES string of the molecule is COc1ccc([C@@]23C(=O)N(Nc4ccc(Cl)cc4Cl)C(=O)[C@@H]2C[C@@H]2C(=CC[C@@H]4C(=O)N(c5cccc([N+](=O)[O-])c5)C(=O)[C@@H]42)[C@@H]3c2ccc(O)cc2)cc1. The fourth-order valence-corrected chi connectivity index (χ4v) is 9.34. The summed E-state index contributed by atoms with van der Waals surface area (Å²) in [6.45, 7) is 0. The normalized spacial score (nSPS) is 26.2. The molecule has 8 rings (SSSR count). The molecule has 0 aromatic heterocycles. The van der Waals surface area contributed by atoms with Crippen LogP contribution in [-0.2, 0) is 24.6 Å². The van der Waals surface area contributed by atoms with Gasteiger partial charge >= 0.3 is 0 Å². The number of amides is 4. The highest BCUT2D eigenvalue weighted by Gasteiger charge is 2.70. The predicted molar refractivity (Wildman–Crippen MR) is 194 cm³/mol. The van der Waals surface area contributed by atoms with Crippen molar-refractivity contribution in [3.63, 3.8) is 0 Å². The first-order valence-corrected chi connectivity index (χ1v) is 17.6. The quantitative estimate of drug-likeness (QED) is 0.0896. The minimum Gasteiger partial charge on any atom is -0.508 e. The number of nitrogens with zero attached hydrogens (tertiary/aromatic N) is 3. The summed E-state index contributed by atoms with van der Waals surface area (Å²) in [4.78, 5) is 70.6. The number of benzene rings is 4. The molecule has 2 aliphatic carbocycles. The van der Waals surface area contributed by atoms with E-state index < -0.39 is 63.6 Å². The van der Waals surface area contributed by atoms with Crippen molar-refractivity contribution >= 4 is 63.9 Å². The smallest absolute Gasteiger partial charge is 0.271 e. The Bertz CT molecular complexity index is 2260. The molecule has 2 saturated heterocycles. The zero-order chi connectivity index (χ0) is 37.3. The van der Waals surface area contributed by atoms with Crippen molar-refractivity contribution in [3.05, 3.63) is 134 Å². The molecule has 268 valence electrons. The van der Waals surface area contributed by atoms with Crippen molar-refractivity contribution in [2.45, 2.75) is 24.2 Å². The Morgan fingerprint density at radius 1 is 0.906 bits per heavy atom. The Hall–Kier alpha value is -5.72. The number of rotatable bonds is 7. The number of methoxy groups -OCH3 is 1. The lowest BCUT2D eigenvalue weighted by Crippen LogP contribution is -2.53. The molecule has 0 bridgehead atoms. The number of phenolic OH excluding ortho intramolecular Hbond substituents is 1. The first-order valence-electron chi connectivity index (χ1n) is 16.8. The Labute approximate surface area is 312 Å². The first kappa shape index (κ1) is 34.4. The Morgan fingerprint density at radius 3 is 2.32 bits per heavy atom. The second-order valence-electron chi connectivity index (χ2n) is 13.6. The van der Waals surface area contributed by atoms with Crippen LogP contribution in [-0.4, -0.2) is 45.8 Å². The molecule has 4 amide bonds. The molecule has 1 saturated carbocycles. The zero-order valence-corrected chi connectivity index (χ0v) is 29.5. The van der Waals surface area contributed by atoms with Gasteiger partial charge in [-0.25, -0.2) is 4.90 Å². The van der Waals surface area contributed by atoms with Crippen LogP contribution in [0.4, 0.5) is 17.1 Å². The van der Waals surface area contributed by atoms with Crippen LogP contribution < -0.4 is 15.1 Å². The lowest BCUT2D eigenvalue weighted by atomic mass is 9.49. The molecule has 2 aliphatic heterocycles. The Morgan fingerprint density at radius 2 is 1.64 bits per heavy atom. The maximum absolute atomic E-state index is 15.3. The number of fused-ring (bicyclic) bond motifs is 4. The maximum Gasteiger partial charge on any atom is 0.271 e. The Kier molecular flexibility index (Phi) is 8.27. The van der Waals surface area contributed by atoms with Gasteiger partial charge in [-0.15, -0.1) is 0 Å². The van der Waals surface area contributed by atoms with Gasteiger partial charge in [0.25, 0.3) is 17.5 Å². The van der Waals surface area contributed by atoms with Gasteiger partial charge in [0.05, 0.1) is 51.6 Å². The third-order valence-electron chi connectivity index (χ3n) is 11.1. The van der Waals surface area contributed by atoms with Gasteiger partial charge in [-0.2, -0.15) is 5.01 Å². The molecule has 0 radical (unpaired) electrons. The highest BCUT2D eigenvalue weighted by Crippen LogP contribution is 2.64.